The first-order valence-corrected chi connectivity index (χ1v) is 15.1. The van der Waals surface area contributed by atoms with Gasteiger partial charge in [0, 0.05) is 24.1 Å². The van der Waals surface area contributed by atoms with E-state index in [-0.39, 0.29) is 5.56 Å². The zero-order valence-electron chi connectivity index (χ0n) is 21.1. The van der Waals surface area contributed by atoms with Gasteiger partial charge in [0.15, 0.2) is 0 Å². The summed E-state index contributed by atoms with van der Waals surface area (Å²) in [6.45, 7) is 8.81. The second-order valence-electron chi connectivity index (χ2n) is 8.80. The van der Waals surface area contributed by atoms with Crippen LogP contribution in [0.5, 0.6) is 0 Å². The Balaban J connectivity index is 1.45. The van der Waals surface area contributed by atoms with Crippen LogP contribution in [0.3, 0.4) is 0 Å². The van der Waals surface area contributed by atoms with Crippen LogP contribution in [0.25, 0.3) is 33.1 Å². The molecule has 0 radical (unpaired) electrons. The predicted molar refractivity (Wildman–Crippen MR) is 160 cm³/mol. The van der Waals surface area contributed by atoms with Crippen LogP contribution in [0, 0.1) is 0 Å². The molecule has 0 atom stereocenters. The van der Waals surface area contributed by atoms with E-state index in [1.165, 1.54) is 36.6 Å². The Morgan fingerprint density at radius 2 is 1.70 bits per heavy atom. The molecular formula is C30H28N3OS3+. The fourth-order valence-electron chi connectivity index (χ4n) is 4.98. The first-order chi connectivity index (χ1) is 18.1. The molecule has 4 nitrogen and oxygen atoms in total. The van der Waals surface area contributed by atoms with Crippen LogP contribution >= 0.6 is 34.4 Å². The lowest BCUT2D eigenvalue weighted by Crippen LogP contribution is -2.35. The number of hydrogen-bond acceptors (Lipinski definition) is 5. The van der Waals surface area contributed by atoms with Gasteiger partial charge >= 0.3 is 0 Å². The maximum Gasteiger partial charge on any atom is 0.269 e. The number of anilines is 1. The zero-order valence-corrected chi connectivity index (χ0v) is 23.6. The third-order valence-corrected chi connectivity index (χ3v) is 10.2. The molecule has 3 heterocycles. The van der Waals surface area contributed by atoms with Gasteiger partial charge in [-0.1, -0.05) is 65.6 Å². The number of fused-ring (bicyclic) bond motifs is 4. The molecular weight excluding hydrogens is 515 g/mol. The fourth-order valence-corrected chi connectivity index (χ4v) is 8.53. The summed E-state index contributed by atoms with van der Waals surface area (Å²) in [4.78, 5) is 17.0. The number of rotatable bonds is 5. The molecule has 0 N–H and O–H groups in total. The predicted octanol–water partition coefficient (Wildman–Crippen LogP) is 5.69. The van der Waals surface area contributed by atoms with E-state index >= 15 is 0 Å². The van der Waals surface area contributed by atoms with Crippen LogP contribution in [0.2, 0.25) is 0 Å². The van der Waals surface area contributed by atoms with Gasteiger partial charge < -0.3 is 4.90 Å². The highest BCUT2D eigenvalue weighted by Crippen LogP contribution is 2.49. The Labute approximate surface area is 228 Å². The minimum absolute atomic E-state index is 0.0776. The second kappa shape index (κ2) is 9.97. The summed E-state index contributed by atoms with van der Waals surface area (Å²) in [5, 5.41) is 4.86. The van der Waals surface area contributed by atoms with Crippen molar-refractivity contribution < 1.29 is 4.57 Å². The molecule has 37 heavy (non-hydrogen) atoms. The second-order valence-corrected chi connectivity index (χ2v) is 12.0. The van der Waals surface area contributed by atoms with Crippen molar-refractivity contribution in [2.45, 2.75) is 38.8 Å². The number of thiazole rings is 2. The molecule has 0 saturated heterocycles. The number of aryl methyl sites for hydroxylation is 1. The molecule has 0 aliphatic carbocycles. The molecule has 0 amide bonds. The highest BCUT2D eigenvalue weighted by Gasteiger charge is 2.25. The van der Waals surface area contributed by atoms with Crippen LogP contribution in [0.1, 0.15) is 25.8 Å². The molecule has 1 aliphatic heterocycles. The monoisotopic (exact) mass is 542 g/mol. The standard InChI is InChI=1S/C30H28N3OS3/c1-4-31-22-13-9-10-14-24(22)35-27(31)19-28-33(6-3)30(34)25(36-28)17-18-26-32(5-2)23-16-15-20-11-7-8-12-21(20)29(23)37-26/h7-19H,4-6H2,1-3H3/q+1/b25-17+,26-18+. The van der Waals surface area contributed by atoms with Crippen LogP contribution < -0.4 is 24.2 Å². The highest BCUT2D eigenvalue weighted by atomic mass is 32.2. The van der Waals surface area contributed by atoms with Crippen LogP contribution in [0.4, 0.5) is 5.69 Å². The van der Waals surface area contributed by atoms with Gasteiger partial charge in [0.2, 0.25) is 5.52 Å². The molecule has 0 bridgehead atoms. The zero-order chi connectivity index (χ0) is 25.5. The Bertz CT molecular complexity index is 1860. The van der Waals surface area contributed by atoms with Crippen LogP contribution in [-0.4, -0.2) is 11.1 Å². The lowest BCUT2D eigenvalue weighted by atomic mass is 10.1. The quantitative estimate of drug-likeness (QED) is 0.267. The number of hydrogen-bond donors (Lipinski definition) is 0. The average molecular weight is 543 g/mol. The van der Waals surface area contributed by atoms with Gasteiger partial charge in [-0.15, -0.1) is 11.3 Å². The minimum Gasteiger partial charge on any atom is -0.335 e. The Morgan fingerprint density at radius 3 is 2.51 bits per heavy atom. The smallest absolute Gasteiger partial charge is 0.269 e. The van der Waals surface area contributed by atoms with E-state index in [1.54, 1.807) is 34.4 Å². The normalized spacial score (nSPS) is 15.5. The first kappa shape index (κ1) is 24.2. The highest BCUT2D eigenvalue weighted by molar-refractivity contribution is 8.04. The van der Waals surface area contributed by atoms with Gasteiger partial charge in [-0.2, -0.15) is 4.57 Å². The van der Waals surface area contributed by atoms with Crippen LogP contribution in [0.15, 0.2) is 81.5 Å². The SMILES string of the molecule is CCN1/C(=C\C=c2\sc(=Cc3sc4ccccc4[n+]3CC)n(CC)c2=O)Sc2c1ccc1ccccc21. The summed E-state index contributed by atoms with van der Waals surface area (Å²) < 4.78 is 7.24. The summed E-state index contributed by atoms with van der Waals surface area (Å²) in [7, 11) is 0. The minimum atomic E-state index is 0.0776. The van der Waals surface area contributed by atoms with Gasteiger partial charge in [0.05, 0.1) is 21.3 Å². The number of nitrogens with zero attached hydrogens (tertiary/aromatic N) is 3. The average Bonchev–Trinajstić information content (AvgIpc) is 3.57. The van der Waals surface area contributed by atoms with E-state index in [9.17, 15) is 4.79 Å². The molecule has 2 aromatic heterocycles. The van der Waals surface area contributed by atoms with E-state index in [0.29, 0.717) is 6.54 Å². The largest absolute Gasteiger partial charge is 0.335 e. The van der Waals surface area contributed by atoms with Gasteiger partial charge in [-0.3, -0.25) is 9.36 Å². The van der Waals surface area contributed by atoms with E-state index in [4.69, 9.17) is 0 Å². The van der Waals surface area contributed by atoms with Gasteiger partial charge in [-0.05, 0) is 55.8 Å². The third-order valence-electron chi connectivity index (χ3n) is 6.77. The maximum atomic E-state index is 13.4. The lowest BCUT2D eigenvalue weighted by Gasteiger charge is -2.17. The van der Waals surface area contributed by atoms with Gasteiger partial charge in [0.1, 0.15) is 15.9 Å². The van der Waals surface area contributed by atoms with Crippen molar-refractivity contribution in [3.63, 3.8) is 0 Å². The molecule has 0 saturated carbocycles. The Hall–Kier alpha value is -3.13. The van der Waals surface area contributed by atoms with E-state index < -0.39 is 0 Å². The molecule has 3 aromatic carbocycles. The van der Waals surface area contributed by atoms with E-state index in [0.717, 1.165) is 27.3 Å². The lowest BCUT2D eigenvalue weighted by molar-refractivity contribution is -0.665. The molecule has 186 valence electrons. The number of thioether (sulfide) groups is 1. The summed E-state index contributed by atoms with van der Waals surface area (Å²) >= 11 is 5.14. The number of aromatic nitrogens is 2. The molecule has 1 aliphatic rings. The Morgan fingerprint density at radius 1 is 0.892 bits per heavy atom. The van der Waals surface area contributed by atoms with Gasteiger partial charge in [-0.25, -0.2) is 0 Å². The maximum absolute atomic E-state index is 13.4. The Kier molecular flexibility index (Phi) is 6.53. The van der Waals surface area contributed by atoms with Gasteiger partial charge in [0.25, 0.3) is 10.6 Å². The summed E-state index contributed by atoms with van der Waals surface area (Å²) in [5.41, 5.74) is 2.56. The van der Waals surface area contributed by atoms with E-state index in [1.807, 2.05) is 17.6 Å². The first-order valence-electron chi connectivity index (χ1n) is 12.6. The van der Waals surface area contributed by atoms with Crippen molar-refractivity contribution in [1.29, 1.82) is 0 Å². The molecule has 7 heteroatoms. The van der Waals surface area contributed by atoms with Crippen LogP contribution in [-0.2, 0) is 13.1 Å². The summed E-state index contributed by atoms with van der Waals surface area (Å²) in [6, 6.07) is 21.4. The molecule has 0 spiro atoms. The van der Waals surface area contributed by atoms with E-state index in [2.05, 4.69) is 96.1 Å². The van der Waals surface area contributed by atoms with Crippen molar-refractivity contribution >= 4 is 73.3 Å². The van der Waals surface area contributed by atoms with Crippen molar-refractivity contribution in [2.24, 2.45) is 0 Å². The van der Waals surface area contributed by atoms with Crippen molar-refractivity contribution in [3.05, 3.63) is 96.3 Å². The number of para-hydroxylation sites is 1. The van der Waals surface area contributed by atoms with Crippen molar-refractivity contribution in [3.8, 4) is 0 Å². The number of allylic oxidation sites excluding steroid dienone is 1. The van der Waals surface area contributed by atoms with Crippen molar-refractivity contribution in [1.82, 2.24) is 4.57 Å². The summed E-state index contributed by atoms with van der Waals surface area (Å²) in [5.74, 6) is 0. The topological polar surface area (TPSA) is 29.1 Å². The molecule has 6 rings (SSSR count). The summed E-state index contributed by atoms with van der Waals surface area (Å²) in [6.07, 6.45) is 6.30. The molecule has 5 aromatic rings. The van der Waals surface area contributed by atoms with Crippen molar-refractivity contribution in [2.75, 3.05) is 11.4 Å². The molecule has 0 unspecified atom stereocenters. The fraction of sp³-hybridized carbons (Fsp3) is 0.200. The molecule has 0 fully saturated rings. The number of benzene rings is 3. The third kappa shape index (κ3) is 4.15.